The van der Waals surface area contributed by atoms with Gasteiger partial charge in [-0.1, -0.05) is 0 Å². The zero-order chi connectivity index (χ0) is 11.8. The third-order valence-corrected chi connectivity index (χ3v) is 3.62. The summed E-state index contributed by atoms with van der Waals surface area (Å²) in [6.45, 7) is 1.66. The lowest BCUT2D eigenvalue weighted by Gasteiger charge is -2.27. The first-order valence-electron chi connectivity index (χ1n) is 5.46. The van der Waals surface area contributed by atoms with Gasteiger partial charge in [0.1, 0.15) is 5.82 Å². The predicted molar refractivity (Wildman–Crippen MR) is 69.1 cm³/mol. The van der Waals surface area contributed by atoms with Crippen LogP contribution in [0.3, 0.4) is 0 Å². The smallest absolute Gasteiger partial charge is 0.178 e. The molecule has 0 spiro atoms. The zero-order valence-corrected chi connectivity index (χ0v) is 11.4. The summed E-state index contributed by atoms with van der Waals surface area (Å²) in [5.74, 6) is 1.24. The van der Waals surface area contributed by atoms with Gasteiger partial charge in [0.05, 0.1) is 24.0 Å². The minimum absolute atomic E-state index is 0.286. The van der Waals surface area contributed by atoms with E-state index >= 15 is 0 Å². The van der Waals surface area contributed by atoms with E-state index in [0.29, 0.717) is 5.88 Å². The SMILES string of the molecule is ClCc1nc2ncc(Br)cc2n1CC1CCO1. The molecule has 3 rings (SSSR count). The van der Waals surface area contributed by atoms with Gasteiger partial charge in [0.15, 0.2) is 5.65 Å². The topological polar surface area (TPSA) is 39.9 Å². The number of imidazole rings is 1. The van der Waals surface area contributed by atoms with Crippen LogP contribution in [0, 0.1) is 0 Å². The van der Waals surface area contributed by atoms with Crippen LogP contribution in [-0.4, -0.2) is 27.2 Å². The van der Waals surface area contributed by atoms with Crippen molar-refractivity contribution in [2.75, 3.05) is 6.61 Å². The van der Waals surface area contributed by atoms with Crippen LogP contribution in [0.4, 0.5) is 0 Å². The molecule has 1 atom stereocenters. The summed E-state index contributed by atoms with van der Waals surface area (Å²) >= 11 is 9.35. The molecule has 0 amide bonds. The molecule has 0 radical (unpaired) electrons. The Morgan fingerprint density at radius 2 is 2.41 bits per heavy atom. The Morgan fingerprint density at radius 1 is 1.59 bits per heavy atom. The summed E-state index contributed by atoms with van der Waals surface area (Å²) in [5.41, 5.74) is 1.74. The first-order chi connectivity index (χ1) is 8.28. The van der Waals surface area contributed by atoms with Gasteiger partial charge in [-0.2, -0.15) is 0 Å². The van der Waals surface area contributed by atoms with Crippen LogP contribution in [-0.2, 0) is 17.2 Å². The number of rotatable bonds is 3. The van der Waals surface area contributed by atoms with E-state index < -0.39 is 0 Å². The van der Waals surface area contributed by atoms with E-state index in [4.69, 9.17) is 16.3 Å². The molecule has 0 saturated carbocycles. The molecule has 2 aromatic heterocycles. The number of ether oxygens (including phenoxy) is 1. The standard InChI is InChI=1S/C11H11BrClN3O/c12-7-3-9-11(14-5-7)15-10(4-13)16(9)6-8-1-2-17-8/h3,5,8H,1-2,4,6H2. The molecule has 0 aromatic carbocycles. The molecule has 1 aliphatic heterocycles. The summed E-state index contributed by atoms with van der Waals surface area (Å²) in [7, 11) is 0. The van der Waals surface area contributed by atoms with E-state index in [9.17, 15) is 0 Å². The summed E-state index contributed by atoms with van der Waals surface area (Å²) < 4.78 is 8.51. The molecule has 90 valence electrons. The summed E-state index contributed by atoms with van der Waals surface area (Å²) in [5, 5.41) is 0. The Bertz CT molecular complexity index is 553. The summed E-state index contributed by atoms with van der Waals surface area (Å²) in [6, 6.07) is 2.02. The van der Waals surface area contributed by atoms with E-state index in [1.165, 1.54) is 0 Å². The number of aromatic nitrogens is 3. The Morgan fingerprint density at radius 3 is 3.06 bits per heavy atom. The number of pyridine rings is 1. The van der Waals surface area contributed by atoms with Crippen LogP contribution in [0.5, 0.6) is 0 Å². The third kappa shape index (κ3) is 2.07. The van der Waals surface area contributed by atoms with Crippen molar-refractivity contribution >= 4 is 38.7 Å². The van der Waals surface area contributed by atoms with Gasteiger partial charge in [0.2, 0.25) is 0 Å². The highest BCUT2D eigenvalue weighted by atomic mass is 79.9. The molecule has 1 aliphatic rings. The van der Waals surface area contributed by atoms with Crippen LogP contribution >= 0.6 is 27.5 Å². The lowest BCUT2D eigenvalue weighted by Crippen LogP contribution is -2.31. The average molecular weight is 317 g/mol. The number of nitrogens with zero attached hydrogens (tertiary/aromatic N) is 3. The number of alkyl halides is 1. The second-order valence-electron chi connectivity index (χ2n) is 4.05. The second-order valence-corrected chi connectivity index (χ2v) is 5.23. The molecule has 0 aliphatic carbocycles. The lowest BCUT2D eigenvalue weighted by molar-refractivity contribution is -0.0589. The first-order valence-corrected chi connectivity index (χ1v) is 6.79. The van der Waals surface area contributed by atoms with Crippen LogP contribution in [0.2, 0.25) is 0 Å². The molecule has 6 heteroatoms. The minimum Gasteiger partial charge on any atom is -0.376 e. The molecule has 3 heterocycles. The normalized spacial score (nSPS) is 19.5. The molecular formula is C11H11BrClN3O. The van der Waals surface area contributed by atoms with E-state index in [0.717, 1.165) is 41.0 Å². The Balaban J connectivity index is 2.07. The van der Waals surface area contributed by atoms with Crippen LogP contribution in [0.15, 0.2) is 16.7 Å². The van der Waals surface area contributed by atoms with E-state index in [1.807, 2.05) is 6.07 Å². The van der Waals surface area contributed by atoms with Crippen LogP contribution in [0.25, 0.3) is 11.2 Å². The lowest BCUT2D eigenvalue weighted by atomic mass is 10.2. The average Bonchev–Trinajstić information content (AvgIpc) is 2.61. The van der Waals surface area contributed by atoms with E-state index in [-0.39, 0.29) is 6.10 Å². The van der Waals surface area contributed by atoms with Crippen LogP contribution < -0.4 is 0 Å². The van der Waals surface area contributed by atoms with Gasteiger partial charge in [0, 0.05) is 17.3 Å². The summed E-state index contributed by atoms with van der Waals surface area (Å²) in [6.07, 6.45) is 3.13. The third-order valence-electron chi connectivity index (χ3n) is 2.95. The summed E-state index contributed by atoms with van der Waals surface area (Å²) in [4.78, 5) is 8.71. The fourth-order valence-corrected chi connectivity index (χ4v) is 2.49. The first kappa shape index (κ1) is 11.4. The Hall–Kier alpha value is -0.650. The van der Waals surface area contributed by atoms with Crippen molar-refractivity contribution < 1.29 is 4.74 Å². The van der Waals surface area contributed by atoms with Gasteiger partial charge >= 0.3 is 0 Å². The van der Waals surface area contributed by atoms with E-state index in [2.05, 4.69) is 30.5 Å². The molecule has 4 nitrogen and oxygen atoms in total. The molecule has 0 N–H and O–H groups in total. The molecule has 17 heavy (non-hydrogen) atoms. The molecule has 1 saturated heterocycles. The van der Waals surface area contributed by atoms with Crippen molar-refractivity contribution in [1.82, 2.24) is 14.5 Å². The van der Waals surface area contributed by atoms with Crippen molar-refractivity contribution in [3.8, 4) is 0 Å². The van der Waals surface area contributed by atoms with Crippen molar-refractivity contribution in [2.45, 2.75) is 24.9 Å². The highest BCUT2D eigenvalue weighted by Crippen LogP contribution is 2.22. The van der Waals surface area contributed by atoms with Gasteiger partial charge in [0.25, 0.3) is 0 Å². The Kier molecular flexibility index (Phi) is 3.06. The fraction of sp³-hybridized carbons (Fsp3) is 0.455. The predicted octanol–water partition coefficient (Wildman–Crippen LogP) is 2.72. The van der Waals surface area contributed by atoms with Gasteiger partial charge in [-0.05, 0) is 28.4 Å². The number of fused-ring (bicyclic) bond motifs is 1. The number of hydrogen-bond acceptors (Lipinski definition) is 3. The molecule has 0 bridgehead atoms. The van der Waals surface area contributed by atoms with Gasteiger partial charge in [-0.3, -0.25) is 0 Å². The fourth-order valence-electron chi connectivity index (χ4n) is 1.97. The van der Waals surface area contributed by atoms with E-state index in [1.54, 1.807) is 6.20 Å². The van der Waals surface area contributed by atoms with Gasteiger partial charge in [-0.25, -0.2) is 9.97 Å². The van der Waals surface area contributed by atoms with Crippen LogP contribution in [0.1, 0.15) is 12.2 Å². The zero-order valence-electron chi connectivity index (χ0n) is 9.07. The quantitative estimate of drug-likeness (QED) is 0.818. The number of halogens is 2. The molecule has 2 aromatic rings. The highest BCUT2D eigenvalue weighted by Gasteiger charge is 2.21. The highest BCUT2D eigenvalue weighted by molar-refractivity contribution is 9.10. The van der Waals surface area contributed by atoms with Crippen molar-refractivity contribution in [2.24, 2.45) is 0 Å². The van der Waals surface area contributed by atoms with Crippen molar-refractivity contribution in [3.05, 3.63) is 22.6 Å². The number of hydrogen-bond donors (Lipinski definition) is 0. The monoisotopic (exact) mass is 315 g/mol. The molecule has 1 unspecified atom stereocenters. The largest absolute Gasteiger partial charge is 0.376 e. The maximum Gasteiger partial charge on any atom is 0.178 e. The minimum atomic E-state index is 0.286. The van der Waals surface area contributed by atoms with Crippen molar-refractivity contribution in [1.29, 1.82) is 0 Å². The maximum absolute atomic E-state index is 5.92. The van der Waals surface area contributed by atoms with Gasteiger partial charge in [-0.15, -0.1) is 11.6 Å². The maximum atomic E-state index is 5.92. The second kappa shape index (κ2) is 4.55. The molecule has 1 fully saturated rings. The van der Waals surface area contributed by atoms with Crippen molar-refractivity contribution in [3.63, 3.8) is 0 Å². The Labute approximate surface area is 112 Å². The van der Waals surface area contributed by atoms with Gasteiger partial charge < -0.3 is 9.30 Å². The molecular weight excluding hydrogens is 305 g/mol.